The summed E-state index contributed by atoms with van der Waals surface area (Å²) in [6.07, 6.45) is 5.28. The molecule has 3 aromatic rings. The van der Waals surface area contributed by atoms with Crippen molar-refractivity contribution in [1.29, 1.82) is 0 Å². The van der Waals surface area contributed by atoms with Crippen molar-refractivity contribution in [3.05, 3.63) is 83.0 Å². The summed E-state index contributed by atoms with van der Waals surface area (Å²) in [5.74, 6) is -1.40. The highest BCUT2D eigenvalue weighted by Gasteiger charge is 2.36. The molecule has 9 heteroatoms. The Bertz CT molecular complexity index is 1220. The van der Waals surface area contributed by atoms with Crippen LogP contribution in [0.2, 0.25) is 5.02 Å². The predicted octanol–water partition coefficient (Wildman–Crippen LogP) is 5.36. The van der Waals surface area contributed by atoms with Gasteiger partial charge in [0.25, 0.3) is 5.91 Å². The molecular weight excluding hydrogens is 497 g/mol. The number of benzene rings is 2. The Labute approximate surface area is 220 Å². The monoisotopic (exact) mass is 525 g/mol. The number of nitrogens with zero attached hydrogens (tertiary/aromatic N) is 2. The normalized spacial score (nSPS) is 17.0. The predicted molar refractivity (Wildman–Crippen MR) is 140 cm³/mol. The van der Waals surface area contributed by atoms with Crippen LogP contribution in [-0.4, -0.2) is 44.2 Å². The quantitative estimate of drug-likeness (QED) is 0.450. The first-order chi connectivity index (χ1) is 18.0. The number of morpholine rings is 1. The minimum atomic E-state index is -1.03. The van der Waals surface area contributed by atoms with Gasteiger partial charge in [-0.2, -0.15) is 0 Å². The van der Waals surface area contributed by atoms with Crippen LogP contribution in [0.25, 0.3) is 0 Å². The summed E-state index contributed by atoms with van der Waals surface area (Å²) < 4.78 is 24.9. The minimum absolute atomic E-state index is 0.0417. The molecule has 1 saturated heterocycles. The number of anilines is 2. The van der Waals surface area contributed by atoms with E-state index in [1.807, 2.05) is 24.3 Å². The highest BCUT2D eigenvalue weighted by atomic mass is 35.5. The molecule has 1 saturated carbocycles. The van der Waals surface area contributed by atoms with E-state index in [-0.39, 0.29) is 28.4 Å². The first kappa shape index (κ1) is 25.3. The summed E-state index contributed by atoms with van der Waals surface area (Å²) in [6.45, 7) is 2.88. The number of halogens is 2. The van der Waals surface area contributed by atoms with Crippen molar-refractivity contribution in [3.63, 3.8) is 0 Å². The fourth-order valence-corrected chi connectivity index (χ4v) is 5.17. The molecule has 37 heavy (non-hydrogen) atoms. The largest absolute Gasteiger partial charge is 0.459 e. The Kier molecular flexibility index (Phi) is 7.76. The summed E-state index contributed by atoms with van der Waals surface area (Å²) in [5, 5.41) is 2.99. The van der Waals surface area contributed by atoms with Crippen LogP contribution >= 0.6 is 11.6 Å². The molecule has 1 aliphatic heterocycles. The molecule has 7 nitrogen and oxygen atoms in total. The second-order valence-corrected chi connectivity index (χ2v) is 9.74. The van der Waals surface area contributed by atoms with Gasteiger partial charge in [-0.3, -0.25) is 14.5 Å². The van der Waals surface area contributed by atoms with Gasteiger partial charge in [-0.25, -0.2) is 4.39 Å². The lowest BCUT2D eigenvalue weighted by Crippen LogP contribution is -2.46. The molecule has 2 aliphatic rings. The minimum Gasteiger partial charge on any atom is -0.459 e. The highest BCUT2D eigenvalue weighted by molar-refractivity contribution is 6.31. The second-order valence-electron chi connectivity index (χ2n) is 9.33. The summed E-state index contributed by atoms with van der Waals surface area (Å²) >= 11 is 6.11. The van der Waals surface area contributed by atoms with Gasteiger partial charge in [0, 0.05) is 30.5 Å². The maximum absolute atomic E-state index is 14.1. The molecule has 2 heterocycles. The Morgan fingerprint density at radius 1 is 1.05 bits per heavy atom. The molecule has 1 N–H and O–H groups in total. The molecule has 2 amide bonds. The first-order valence-corrected chi connectivity index (χ1v) is 12.9. The Morgan fingerprint density at radius 2 is 1.78 bits per heavy atom. The third-order valence-electron chi connectivity index (χ3n) is 6.93. The van der Waals surface area contributed by atoms with Gasteiger partial charge in [0.1, 0.15) is 11.9 Å². The molecule has 0 bridgehead atoms. The fourth-order valence-electron chi connectivity index (χ4n) is 4.99. The number of hydrogen-bond acceptors (Lipinski definition) is 5. The van der Waals surface area contributed by atoms with E-state index in [4.69, 9.17) is 20.8 Å². The topological polar surface area (TPSA) is 75.0 Å². The number of hydrogen-bond donors (Lipinski definition) is 1. The number of amides is 2. The third kappa shape index (κ3) is 5.65. The van der Waals surface area contributed by atoms with Crippen molar-refractivity contribution in [2.45, 2.75) is 37.8 Å². The Morgan fingerprint density at radius 3 is 2.43 bits per heavy atom. The molecule has 5 rings (SSSR count). The number of nitrogens with one attached hydrogen (secondary N) is 1. The van der Waals surface area contributed by atoms with Crippen molar-refractivity contribution in [2.24, 2.45) is 0 Å². The number of carbonyl (C=O) groups is 2. The van der Waals surface area contributed by atoms with Gasteiger partial charge in [-0.15, -0.1) is 0 Å². The van der Waals surface area contributed by atoms with Gasteiger partial charge < -0.3 is 19.4 Å². The van der Waals surface area contributed by atoms with Crippen LogP contribution in [-0.2, 0) is 9.53 Å². The Hall–Kier alpha value is -3.36. The molecule has 1 aliphatic carbocycles. The van der Waals surface area contributed by atoms with Gasteiger partial charge >= 0.3 is 0 Å². The van der Waals surface area contributed by atoms with Crippen molar-refractivity contribution < 1.29 is 23.1 Å². The molecule has 1 aromatic heterocycles. The maximum Gasteiger partial charge on any atom is 0.294 e. The SMILES string of the molecule is O=C(NC1CCCC1)[C@@H](c1ccc(N2CCOCC2)cc1)N(C(=O)c1ccco1)c1ccc(F)c(Cl)c1. The second kappa shape index (κ2) is 11.4. The van der Waals surface area contributed by atoms with Crippen LogP contribution in [0.15, 0.2) is 65.3 Å². The van der Waals surface area contributed by atoms with Gasteiger partial charge in [0.2, 0.25) is 5.91 Å². The molecule has 0 radical (unpaired) electrons. The summed E-state index contributed by atoms with van der Waals surface area (Å²) in [5.41, 5.74) is 1.92. The average molecular weight is 526 g/mol. The molecule has 1 atom stereocenters. The number of rotatable bonds is 7. The standard InChI is InChI=1S/C28H29ClFN3O4/c29-23-18-22(11-12-24(23)30)33(28(35)25-6-3-15-37-25)26(27(34)31-20-4-1-2-5-20)19-7-9-21(10-8-19)32-13-16-36-17-14-32/h3,6-12,15,18,20,26H,1-2,4-5,13-14,16-17H2,(H,31,34)/t26-/m1/s1. The third-order valence-corrected chi connectivity index (χ3v) is 7.21. The van der Waals surface area contributed by atoms with Gasteiger partial charge in [0.15, 0.2) is 5.76 Å². The lowest BCUT2D eigenvalue weighted by Gasteiger charge is -2.33. The summed E-state index contributed by atoms with van der Waals surface area (Å²) in [7, 11) is 0. The molecular formula is C28H29ClFN3O4. The van der Waals surface area contributed by atoms with Crippen LogP contribution in [0.5, 0.6) is 0 Å². The highest BCUT2D eigenvalue weighted by Crippen LogP contribution is 2.34. The number of furan rings is 1. The summed E-state index contributed by atoms with van der Waals surface area (Å²) in [4.78, 5) is 31.2. The van der Waals surface area contributed by atoms with E-state index in [2.05, 4.69) is 10.2 Å². The average Bonchev–Trinajstić information content (AvgIpc) is 3.64. The van der Waals surface area contributed by atoms with Crippen molar-refractivity contribution in [3.8, 4) is 0 Å². The maximum atomic E-state index is 14.1. The van der Waals surface area contributed by atoms with Crippen LogP contribution < -0.4 is 15.1 Å². The Balaban J connectivity index is 1.56. The lowest BCUT2D eigenvalue weighted by atomic mass is 10.0. The van der Waals surface area contributed by atoms with E-state index in [9.17, 15) is 14.0 Å². The molecule has 2 fully saturated rings. The van der Waals surface area contributed by atoms with Crippen molar-refractivity contribution >= 4 is 34.8 Å². The van der Waals surface area contributed by atoms with Crippen LogP contribution in [0, 0.1) is 5.82 Å². The first-order valence-electron chi connectivity index (χ1n) is 12.6. The van der Waals surface area contributed by atoms with E-state index in [0.717, 1.165) is 44.5 Å². The van der Waals surface area contributed by atoms with Gasteiger partial charge in [-0.1, -0.05) is 36.6 Å². The zero-order chi connectivity index (χ0) is 25.8. The van der Waals surface area contributed by atoms with Gasteiger partial charge in [0.05, 0.1) is 24.5 Å². The van der Waals surface area contributed by atoms with Crippen LogP contribution in [0.1, 0.15) is 47.8 Å². The van der Waals surface area contributed by atoms with Crippen LogP contribution in [0.4, 0.5) is 15.8 Å². The van der Waals surface area contributed by atoms with E-state index in [1.165, 1.54) is 35.4 Å². The number of carbonyl (C=O) groups excluding carboxylic acids is 2. The van der Waals surface area contributed by atoms with Crippen LogP contribution in [0.3, 0.4) is 0 Å². The van der Waals surface area contributed by atoms with E-state index in [1.54, 1.807) is 6.07 Å². The zero-order valence-electron chi connectivity index (χ0n) is 20.4. The van der Waals surface area contributed by atoms with E-state index >= 15 is 0 Å². The number of ether oxygens (including phenoxy) is 1. The molecule has 0 spiro atoms. The molecule has 194 valence electrons. The summed E-state index contributed by atoms with van der Waals surface area (Å²) in [6, 6.07) is 13.8. The van der Waals surface area contributed by atoms with E-state index < -0.39 is 17.8 Å². The molecule has 0 unspecified atom stereocenters. The lowest BCUT2D eigenvalue weighted by molar-refractivity contribution is -0.123. The smallest absolute Gasteiger partial charge is 0.294 e. The van der Waals surface area contributed by atoms with Crippen molar-refractivity contribution in [2.75, 3.05) is 36.1 Å². The van der Waals surface area contributed by atoms with Crippen molar-refractivity contribution in [1.82, 2.24) is 5.32 Å². The molecule has 2 aromatic carbocycles. The zero-order valence-corrected chi connectivity index (χ0v) is 21.1. The van der Waals surface area contributed by atoms with Gasteiger partial charge in [-0.05, 0) is 60.9 Å². The van der Waals surface area contributed by atoms with E-state index in [0.29, 0.717) is 18.8 Å². The fraction of sp³-hybridized carbons (Fsp3) is 0.357.